The number of sulfonamides is 1. The largest absolute Gasteiger partial charge is 0.354 e. The molecule has 150 valence electrons. The van der Waals surface area contributed by atoms with E-state index in [2.05, 4.69) is 3.77 Å². The van der Waals surface area contributed by atoms with Crippen molar-refractivity contribution in [3.63, 3.8) is 0 Å². The molecule has 1 saturated heterocycles. The minimum Gasteiger partial charge on any atom is -0.354 e. The minimum atomic E-state index is -4.07. The molecule has 0 bridgehead atoms. The van der Waals surface area contributed by atoms with Gasteiger partial charge in [-0.05, 0) is 49.9 Å². The number of nitrogens with zero attached hydrogens (tertiary/aromatic N) is 1. The number of benzene rings is 2. The van der Waals surface area contributed by atoms with Gasteiger partial charge in [-0.3, -0.25) is 0 Å². The predicted molar refractivity (Wildman–Crippen MR) is 109 cm³/mol. The molecule has 2 aromatic rings. The molecule has 1 saturated carbocycles. The van der Waals surface area contributed by atoms with E-state index in [-0.39, 0.29) is 11.0 Å². The molecule has 0 amide bonds. The Morgan fingerprint density at radius 1 is 0.857 bits per heavy atom. The van der Waals surface area contributed by atoms with Crippen LogP contribution < -0.4 is 0 Å². The van der Waals surface area contributed by atoms with Gasteiger partial charge in [0.15, 0.2) is 5.44 Å². The Bertz CT molecular complexity index is 1050. The molecule has 0 spiro atoms. The number of hydrogen-bond acceptors (Lipinski definition) is 4. The first-order valence-corrected chi connectivity index (χ1v) is 12.7. The van der Waals surface area contributed by atoms with Crippen LogP contribution in [0, 0.1) is 12.8 Å². The van der Waals surface area contributed by atoms with E-state index in [0.717, 1.165) is 31.2 Å². The van der Waals surface area contributed by atoms with Crippen LogP contribution in [-0.2, 0) is 24.5 Å². The summed E-state index contributed by atoms with van der Waals surface area (Å²) in [6, 6.07) is 15.1. The average molecular weight is 420 g/mol. The summed E-state index contributed by atoms with van der Waals surface area (Å²) in [7, 11) is -7.35. The Morgan fingerprint density at radius 2 is 1.50 bits per heavy atom. The number of hydrogen-bond donors (Lipinski definition) is 0. The van der Waals surface area contributed by atoms with Gasteiger partial charge in [0.2, 0.25) is 0 Å². The molecular formula is C21H25NO4S2. The van der Waals surface area contributed by atoms with Crippen LogP contribution in [0.5, 0.6) is 0 Å². The van der Waals surface area contributed by atoms with Crippen LogP contribution in [0.25, 0.3) is 0 Å². The van der Waals surface area contributed by atoms with E-state index < -0.39 is 25.2 Å². The SMILES string of the molecule is Cc1ccc(S(=O)(=O)N=[S@@](=O)(c2ccccc2)[C@H]2O[C@@H]2C2CCCCC2)cc1. The molecule has 0 aromatic heterocycles. The summed E-state index contributed by atoms with van der Waals surface area (Å²) >= 11 is 0. The highest BCUT2D eigenvalue weighted by molar-refractivity contribution is 8.03. The van der Waals surface area contributed by atoms with E-state index in [1.807, 2.05) is 13.0 Å². The normalized spacial score (nSPS) is 25.0. The van der Waals surface area contributed by atoms with Crippen molar-refractivity contribution in [2.75, 3.05) is 0 Å². The summed E-state index contributed by atoms with van der Waals surface area (Å²) < 4.78 is 49.7. The molecule has 7 heteroatoms. The highest BCUT2D eigenvalue weighted by atomic mass is 32.3. The van der Waals surface area contributed by atoms with Crippen molar-refractivity contribution in [3.05, 3.63) is 60.2 Å². The van der Waals surface area contributed by atoms with Crippen molar-refractivity contribution in [3.8, 4) is 0 Å². The van der Waals surface area contributed by atoms with E-state index in [4.69, 9.17) is 4.74 Å². The molecular weight excluding hydrogens is 394 g/mol. The molecule has 1 heterocycles. The summed E-state index contributed by atoms with van der Waals surface area (Å²) in [5, 5.41) is 0. The lowest BCUT2D eigenvalue weighted by Gasteiger charge is -2.19. The summed E-state index contributed by atoms with van der Waals surface area (Å²) in [4.78, 5) is 0.464. The zero-order valence-corrected chi connectivity index (χ0v) is 17.5. The maximum Gasteiger partial charge on any atom is 0.290 e. The third kappa shape index (κ3) is 3.88. The Balaban J connectivity index is 1.75. The smallest absolute Gasteiger partial charge is 0.290 e. The van der Waals surface area contributed by atoms with Gasteiger partial charge in [0.05, 0.1) is 9.79 Å². The molecule has 0 radical (unpaired) electrons. The van der Waals surface area contributed by atoms with Crippen LogP contribution in [0.15, 0.2) is 68.2 Å². The van der Waals surface area contributed by atoms with E-state index in [9.17, 15) is 12.6 Å². The van der Waals surface area contributed by atoms with Gasteiger partial charge in [-0.15, -0.1) is 0 Å². The van der Waals surface area contributed by atoms with Crippen LogP contribution in [-0.4, -0.2) is 24.2 Å². The maximum atomic E-state index is 14.0. The second kappa shape index (κ2) is 7.61. The summed E-state index contributed by atoms with van der Waals surface area (Å²) in [5.41, 5.74) is 0.281. The monoisotopic (exact) mass is 419 g/mol. The Labute approximate surface area is 167 Å². The van der Waals surface area contributed by atoms with Crippen LogP contribution in [0.2, 0.25) is 0 Å². The van der Waals surface area contributed by atoms with Gasteiger partial charge in [-0.25, -0.2) is 4.21 Å². The molecule has 28 heavy (non-hydrogen) atoms. The van der Waals surface area contributed by atoms with E-state index in [1.165, 1.54) is 18.6 Å². The molecule has 4 rings (SSSR count). The van der Waals surface area contributed by atoms with Gasteiger partial charge in [0.25, 0.3) is 10.0 Å². The molecule has 5 nitrogen and oxygen atoms in total. The third-order valence-corrected chi connectivity index (χ3v) is 10.0. The summed E-state index contributed by atoms with van der Waals surface area (Å²) in [6.45, 7) is 1.88. The van der Waals surface area contributed by atoms with Crippen LogP contribution >= 0.6 is 0 Å². The van der Waals surface area contributed by atoms with Gasteiger partial charge < -0.3 is 4.74 Å². The maximum absolute atomic E-state index is 14.0. The first-order chi connectivity index (χ1) is 13.4. The van der Waals surface area contributed by atoms with Crippen molar-refractivity contribution in [1.29, 1.82) is 0 Å². The van der Waals surface area contributed by atoms with Gasteiger partial charge in [0, 0.05) is 0 Å². The highest BCUT2D eigenvalue weighted by Gasteiger charge is 2.53. The molecule has 1 aliphatic heterocycles. The van der Waals surface area contributed by atoms with Gasteiger partial charge in [0.1, 0.15) is 15.8 Å². The van der Waals surface area contributed by atoms with Gasteiger partial charge in [-0.2, -0.15) is 8.42 Å². The Morgan fingerprint density at radius 3 is 2.14 bits per heavy atom. The van der Waals surface area contributed by atoms with Crippen molar-refractivity contribution >= 4 is 19.8 Å². The average Bonchev–Trinajstić information content (AvgIpc) is 3.51. The molecule has 3 atom stereocenters. The van der Waals surface area contributed by atoms with Crippen molar-refractivity contribution < 1.29 is 17.4 Å². The summed E-state index contributed by atoms with van der Waals surface area (Å²) in [6.07, 6.45) is 5.40. The number of aryl methyl sites for hydroxylation is 1. The van der Waals surface area contributed by atoms with Gasteiger partial charge >= 0.3 is 0 Å². The van der Waals surface area contributed by atoms with Gasteiger partial charge in [-0.1, -0.05) is 58.9 Å². The second-order valence-corrected chi connectivity index (χ2v) is 11.7. The third-order valence-electron chi connectivity index (χ3n) is 5.52. The van der Waals surface area contributed by atoms with E-state index in [1.54, 1.807) is 36.4 Å². The van der Waals surface area contributed by atoms with Crippen LogP contribution in [0.4, 0.5) is 0 Å². The minimum absolute atomic E-state index is 0.0524. The quantitative estimate of drug-likeness (QED) is 0.668. The standard InChI is InChI=1S/C21H25NO4S2/c1-16-12-14-19(15-13-16)28(24,25)22-27(23,18-10-6-3-7-11-18)21-20(26-21)17-8-4-2-5-9-17/h3,6-7,10-15,17,20-21H,2,4-5,8-9H2,1H3/t20-,21-,27-/m1/s1. The van der Waals surface area contributed by atoms with Crippen molar-refractivity contribution in [2.24, 2.45) is 9.69 Å². The Kier molecular flexibility index (Phi) is 5.33. The molecule has 2 fully saturated rings. The number of ether oxygens (including phenoxy) is 1. The predicted octanol–water partition coefficient (Wildman–Crippen LogP) is 4.52. The van der Waals surface area contributed by atoms with Crippen LogP contribution in [0.1, 0.15) is 37.7 Å². The Hall–Kier alpha value is -1.70. The summed E-state index contributed by atoms with van der Waals surface area (Å²) in [5.74, 6) is 0.334. The highest BCUT2D eigenvalue weighted by Crippen LogP contribution is 2.44. The van der Waals surface area contributed by atoms with Crippen molar-refractivity contribution in [2.45, 2.75) is 60.4 Å². The first-order valence-electron chi connectivity index (χ1n) is 9.70. The fraction of sp³-hybridized carbons (Fsp3) is 0.429. The van der Waals surface area contributed by atoms with E-state index >= 15 is 0 Å². The number of epoxide rings is 1. The molecule has 2 aliphatic rings. The second-order valence-electron chi connectivity index (χ2n) is 7.61. The molecule has 0 N–H and O–H groups in total. The lowest BCUT2D eigenvalue weighted by atomic mass is 9.87. The molecule has 1 aliphatic carbocycles. The molecule has 2 aromatic carbocycles. The molecule has 0 unspecified atom stereocenters. The topological polar surface area (TPSA) is 76.1 Å². The fourth-order valence-corrected chi connectivity index (χ4v) is 8.25. The number of rotatable bonds is 5. The zero-order chi connectivity index (χ0) is 19.8. The fourth-order valence-electron chi connectivity index (χ4n) is 3.90. The lowest BCUT2D eigenvalue weighted by molar-refractivity contribution is 0.265. The van der Waals surface area contributed by atoms with Crippen molar-refractivity contribution in [1.82, 2.24) is 0 Å². The lowest BCUT2D eigenvalue weighted by Crippen LogP contribution is -2.20. The first kappa shape index (κ1) is 19.6. The van der Waals surface area contributed by atoms with Crippen LogP contribution in [0.3, 0.4) is 0 Å². The van der Waals surface area contributed by atoms with E-state index in [0.29, 0.717) is 10.8 Å². The zero-order valence-electron chi connectivity index (χ0n) is 15.9.